The van der Waals surface area contributed by atoms with Gasteiger partial charge in [0, 0.05) is 13.0 Å². The Labute approximate surface area is 157 Å². The number of aliphatic hydroxyl groups excluding tert-OH is 1. The number of carboxylic acids is 1. The predicted molar refractivity (Wildman–Crippen MR) is 103 cm³/mol. The van der Waals surface area contributed by atoms with Gasteiger partial charge in [0.2, 0.25) is 5.91 Å². The van der Waals surface area contributed by atoms with Gasteiger partial charge in [0.1, 0.15) is 0 Å². The van der Waals surface area contributed by atoms with E-state index in [1.165, 1.54) is 0 Å². The Morgan fingerprint density at radius 3 is 2.33 bits per heavy atom. The van der Waals surface area contributed by atoms with Gasteiger partial charge < -0.3 is 15.5 Å². The van der Waals surface area contributed by atoms with Crippen molar-refractivity contribution in [3.05, 3.63) is 83.4 Å². The minimum Gasteiger partial charge on any atom is -0.479 e. The molecule has 0 saturated carbocycles. The minimum absolute atomic E-state index is 0.0439. The highest BCUT2D eigenvalue weighted by Crippen LogP contribution is 2.27. The second-order valence-corrected chi connectivity index (χ2v) is 6.36. The molecule has 3 aromatic carbocycles. The number of carboxylic acid groups (broad SMARTS) is 1. The van der Waals surface area contributed by atoms with E-state index in [4.69, 9.17) is 5.11 Å². The van der Waals surface area contributed by atoms with Crippen molar-refractivity contribution in [2.45, 2.75) is 25.5 Å². The van der Waals surface area contributed by atoms with Gasteiger partial charge in [0.25, 0.3) is 0 Å². The number of aryl methyl sites for hydroxylation is 1. The number of carbonyl (C=O) groups excluding carboxylic acids is 1. The molecule has 0 bridgehead atoms. The molecule has 27 heavy (non-hydrogen) atoms. The Morgan fingerprint density at radius 1 is 0.889 bits per heavy atom. The fraction of sp³-hybridized carbons (Fsp3) is 0.182. The third-order valence-corrected chi connectivity index (χ3v) is 4.53. The van der Waals surface area contributed by atoms with E-state index in [0.717, 1.165) is 16.5 Å². The van der Waals surface area contributed by atoms with Crippen LogP contribution < -0.4 is 5.32 Å². The van der Waals surface area contributed by atoms with Gasteiger partial charge in [-0.2, -0.15) is 0 Å². The van der Waals surface area contributed by atoms with Crippen LogP contribution in [0.4, 0.5) is 0 Å². The molecule has 5 nitrogen and oxygen atoms in total. The van der Waals surface area contributed by atoms with Crippen molar-refractivity contribution >= 4 is 22.6 Å². The van der Waals surface area contributed by atoms with E-state index in [2.05, 4.69) is 5.32 Å². The van der Waals surface area contributed by atoms with Crippen LogP contribution in [0.3, 0.4) is 0 Å². The van der Waals surface area contributed by atoms with Crippen LogP contribution in [-0.2, 0) is 22.6 Å². The molecule has 0 aliphatic heterocycles. The number of aliphatic carboxylic acids is 1. The zero-order chi connectivity index (χ0) is 19.2. The highest BCUT2D eigenvalue weighted by atomic mass is 16.4. The van der Waals surface area contributed by atoms with E-state index < -0.39 is 12.1 Å². The van der Waals surface area contributed by atoms with Gasteiger partial charge in [0.05, 0.1) is 0 Å². The van der Waals surface area contributed by atoms with E-state index in [9.17, 15) is 14.7 Å². The third-order valence-electron chi connectivity index (χ3n) is 4.53. The lowest BCUT2D eigenvalue weighted by atomic mass is 9.95. The summed E-state index contributed by atoms with van der Waals surface area (Å²) in [6, 6.07) is 20.4. The predicted octanol–water partition coefficient (Wildman–Crippen LogP) is 3.21. The van der Waals surface area contributed by atoms with Crippen LogP contribution in [0.15, 0.2) is 66.7 Å². The first kappa shape index (κ1) is 18.6. The van der Waals surface area contributed by atoms with E-state index in [-0.39, 0.29) is 5.91 Å². The molecule has 3 rings (SSSR count). The summed E-state index contributed by atoms with van der Waals surface area (Å²) in [4.78, 5) is 23.3. The van der Waals surface area contributed by atoms with E-state index in [1.807, 2.05) is 48.5 Å². The van der Waals surface area contributed by atoms with Gasteiger partial charge >= 0.3 is 5.97 Å². The number of benzene rings is 3. The van der Waals surface area contributed by atoms with Gasteiger partial charge in [-0.1, -0.05) is 66.7 Å². The smallest absolute Gasteiger partial charge is 0.337 e. The third kappa shape index (κ3) is 4.51. The number of hydrogen-bond donors (Lipinski definition) is 3. The number of hydrogen-bond acceptors (Lipinski definition) is 3. The largest absolute Gasteiger partial charge is 0.479 e. The van der Waals surface area contributed by atoms with Crippen LogP contribution in [0.2, 0.25) is 0 Å². The topological polar surface area (TPSA) is 86.6 Å². The van der Waals surface area contributed by atoms with Gasteiger partial charge in [-0.15, -0.1) is 0 Å². The zero-order valence-electron chi connectivity index (χ0n) is 14.8. The lowest BCUT2D eigenvalue weighted by Gasteiger charge is -2.13. The minimum atomic E-state index is -1.57. The molecular formula is C22H21NO4. The average Bonchev–Trinajstić information content (AvgIpc) is 2.70. The van der Waals surface area contributed by atoms with Crippen molar-refractivity contribution in [1.29, 1.82) is 0 Å². The summed E-state index contributed by atoms with van der Waals surface area (Å²) in [5, 5.41) is 23.5. The highest BCUT2D eigenvalue weighted by molar-refractivity contribution is 5.92. The van der Waals surface area contributed by atoms with Crippen molar-refractivity contribution in [3.63, 3.8) is 0 Å². The summed E-state index contributed by atoms with van der Waals surface area (Å²) < 4.78 is 0. The first-order chi connectivity index (χ1) is 13.1. The SMILES string of the molecule is O=C(CCc1cccc2c(C(O)C(=O)O)cccc12)NCc1ccccc1. The van der Waals surface area contributed by atoms with Gasteiger partial charge in [-0.3, -0.25) is 4.79 Å². The Bertz CT molecular complexity index is 953. The molecule has 0 heterocycles. The zero-order valence-corrected chi connectivity index (χ0v) is 14.8. The Kier molecular flexibility index (Phi) is 5.84. The quantitative estimate of drug-likeness (QED) is 0.602. The lowest BCUT2D eigenvalue weighted by Crippen LogP contribution is -2.23. The average molecular weight is 363 g/mol. The van der Waals surface area contributed by atoms with Crippen LogP contribution in [0.1, 0.15) is 29.2 Å². The van der Waals surface area contributed by atoms with Gasteiger partial charge in [-0.05, 0) is 33.9 Å². The van der Waals surface area contributed by atoms with Crippen molar-refractivity contribution in [2.24, 2.45) is 0 Å². The lowest BCUT2D eigenvalue weighted by molar-refractivity contribution is -0.146. The van der Waals surface area contributed by atoms with E-state index >= 15 is 0 Å². The summed E-state index contributed by atoms with van der Waals surface area (Å²) in [5.74, 6) is -1.33. The maximum atomic E-state index is 12.2. The number of fused-ring (bicyclic) bond motifs is 1. The Morgan fingerprint density at radius 2 is 1.59 bits per heavy atom. The molecule has 3 N–H and O–H groups in total. The van der Waals surface area contributed by atoms with Gasteiger partial charge in [-0.25, -0.2) is 4.79 Å². The summed E-state index contributed by atoms with van der Waals surface area (Å²) in [5.41, 5.74) is 2.35. The number of aliphatic hydroxyl groups is 1. The summed E-state index contributed by atoms with van der Waals surface area (Å²) >= 11 is 0. The highest BCUT2D eigenvalue weighted by Gasteiger charge is 2.19. The Hall–Kier alpha value is -3.18. The first-order valence-electron chi connectivity index (χ1n) is 8.78. The molecule has 0 spiro atoms. The number of rotatable bonds is 7. The number of carbonyl (C=O) groups is 2. The second-order valence-electron chi connectivity index (χ2n) is 6.36. The fourth-order valence-corrected chi connectivity index (χ4v) is 3.12. The molecule has 1 atom stereocenters. The molecule has 1 amide bonds. The molecule has 0 radical (unpaired) electrons. The van der Waals surface area contributed by atoms with Crippen LogP contribution in [0.5, 0.6) is 0 Å². The standard InChI is InChI=1S/C22H21NO4/c24-20(23-14-15-6-2-1-3-7-15)13-12-16-8-4-10-18-17(16)9-5-11-19(18)21(25)22(26)27/h1-11,21,25H,12-14H2,(H,23,24)(H,26,27). The summed E-state index contributed by atoms with van der Waals surface area (Å²) in [7, 11) is 0. The van der Waals surface area contributed by atoms with Gasteiger partial charge in [0.15, 0.2) is 6.10 Å². The Balaban J connectivity index is 1.71. The van der Waals surface area contributed by atoms with Crippen LogP contribution >= 0.6 is 0 Å². The fourth-order valence-electron chi connectivity index (χ4n) is 3.12. The molecule has 0 aromatic heterocycles. The maximum Gasteiger partial charge on any atom is 0.337 e. The van der Waals surface area contributed by atoms with E-state index in [1.54, 1.807) is 18.2 Å². The number of nitrogens with one attached hydrogen (secondary N) is 1. The molecule has 1 unspecified atom stereocenters. The van der Waals surface area contributed by atoms with Crippen molar-refractivity contribution in [2.75, 3.05) is 0 Å². The molecule has 0 saturated heterocycles. The maximum absolute atomic E-state index is 12.2. The van der Waals surface area contributed by atoms with Crippen LogP contribution in [0, 0.1) is 0 Å². The molecule has 0 fully saturated rings. The summed E-state index contributed by atoms with van der Waals surface area (Å²) in [6.07, 6.45) is -0.708. The monoisotopic (exact) mass is 363 g/mol. The summed E-state index contributed by atoms with van der Waals surface area (Å²) in [6.45, 7) is 0.490. The molecule has 138 valence electrons. The molecular weight excluding hydrogens is 342 g/mol. The van der Waals surface area contributed by atoms with Crippen molar-refractivity contribution in [3.8, 4) is 0 Å². The molecule has 0 aliphatic rings. The first-order valence-corrected chi connectivity index (χ1v) is 8.78. The molecule has 0 aliphatic carbocycles. The van der Waals surface area contributed by atoms with Crippen molar-refractivity contribution in [1.82, 2.24) is 5.32 Å². The normalized spacial score (nSPS) is 11.9. The molecule has 3 aromatic rings. The molecule has 5 heteroatoms. The second kappa shape index (κ2) is 8.47. The van der Waals surface area contributed by atoms with Crippen LogP contribution in [0.25, 0.3) is 10.8 Å². The van der Waals surface area contributed by atoms with E-state index in [0.29, 0.717) is 30.3 Å². The van der Waals surface area contributed by atoms with Crippen LogP contribution in [-0.4, -0.2) is 22.1 Å². The number of amides is 1. The van der Waals surface area contributed by atoms with Crippen molar-refractivity contribution < 1.29 is 19.8 Å².